The molecule has 5 nitrogen and oxygen atoms in total. The van der Waals surface area contributed by atoms with Gasteiger partial charge in [-0.25, -0.2) is 0 Å². The van der Waals surface area contributed by atoms with E-state index in [1.807, 2.05) is 37.3 Å². The van der Waals surface area contributed by atoms with Crippen molar-refractivity contribution >= 4 is 23.5 Å². The number of nitrogens with zero attached hydrogens (tertiary/aromatic N) is 2. The molecule has 0 aliphatic carbocycles. The predicted molar refractivity (Wildman–Crippen MR) is 84.9 cm³/mol. The second kappa shape index (κ2) is 7.04. The highest BCUT2D eigenvalue weighted by Gasteiger charge is 2.11. The third-order valence-electron chi connectivity index (χ3n) is 3.24. The molecule has 2 aromatic carbocycles. The van der Waals surface area contributed by atoms with Gasteiger partial charge in [0.15, 0.2) is 0 Å². The second-order valence-corrected chi connectivity index (χ2v) is 5.34. The Labute approximate surface area is 133 Å². The molecule has 0 unspecified atom stereocenters. The lowest BCUT2D eigenvalue weighted by molar-refractivity contribution is -0.398. The van der Waals surface area contributed by atoms with E-state index in [0.717, 1.165) is 11.6 Å². The topological polar surface area (TPSA) is 78.6 Å². The molecule has 0 radical (unpaired) electrons. The summed E-state index contributed by atoms with van der Waals surface area (Å²) < 4.78 is 0. The molecule has 0 saturated heterocycles. The van der Waals surface area contributed by atoms with Crippen LogP contribution in [0.15, 0.2) is 47.5 Å². The van der Waals surface area contributed by atoms with Gasteiger partial charge in [-0.1, -0.05) is 48.9 Å². The first kappa shape index (κ1) is 16.0. The van der Waals surface area contributed by atoms with Gasteiger partial charge in [-0.2, -0.15) is 0 Å². The molecule has 22 heavy (non-hydrogen) atoms. The van der Waals surface area contributed by atoms with E-state index >= 15 is 0 Å². The Morgan fingerprint density at radius 2 is 2.00 bits per heavy atom. The summed E-state index contributed by atoms with van der Waals surface area (Å²) in [6.07, 6.45) is 1.35. The fourth-order valence-electron chi connectivity index (χ4n) is 2.03. The third-order valence-corrected chi connectivity index (χ3v) is 3.46. The highest BCUT2D eigenvalue weighted by molar-refractivity contribution is 6.31. The lowest BCUT2D eigenvalue weighted by Gasteiger charge is -2.12. The molecule has 0 N–H and O–H groups in total. The molecule has 0 aliphatic rings. The lowest BCUT2D eigenvalue weighted by Crippen LogP contribution is -2.03. The van der Waals surface area contributed by atoms with Crippen molar-refractivity contribution < 1.29 is 10.0 Å². The van der Waals surface area contributed by atoms with Gasteiger partial charge in [0.25, 0.3) is 5.69 Å². The molecule has 114 valence electrons. The Bertz CT molecular complexity index is 702. The molecule has 0 aliphatic heterocycles. The number of halogens is 1. The molecule has 2 rings (SSSR count). The Hall–Kier alpha value is -2.40. The van der Waals surface area contributed by atoms with Crippen LogP contribution in [0.2, 0.25) is 5.02 Å². The highest BCUT2D eigenvalue weighted by atomic mass is 35.5. The Balaban J connectivity index is 2.15. The number of benzene rings is 2. The first-order valence-electron chi connectivity index (χ1n) is 6.68. The number of aliphatic imine (C=N–C) groups is 1. The highest BCUT2D eigenvalue weighted by Crippen LogP contribution is 2.30. The molecule has 0 fully saturated rings. The van der Waals surface area contributed by atoms with Crippen LogP contribution in [-0.2, 0) is 0 Å². The monoisotopic (exact) mass is 317 g/mol. The maximum atomic E-state index is 11.9. The fraction of sp³-hybridized carbons (Fsp3) is 0.188. The van der Waals surface area contributed by atoms with E-state index in [9.17, 15) is 15.2 Å². The largest absolute Gasteiger partial charge is 0.867 e. The molecule has 0 bridgehead atoms. The van der Waals surface area contributed by atoms with E-state index in [-0.39, 0.29) is 16.5 Å². The summed E-state index contributed by atoms with van der Waals surface area (Å²) in [6.45, 7) is 2.50. The summed E-state index contributed by atoms with van der Waals surface area (Å²) >= 11 is 5.80. The molecular weight excluding hydrogens is 304 g/mol. The van der Waals surface area contributed by atoms with Crippen molar-refractivity contribution in [3.8, 4) is 5.75 Å². The average Bonchev–Trinajstić information content (AvgIpc) is 2.50. The average molecular weight is 318 g/mol. The molecule has 1 atom stereocenters. The number of nitro benzene ring substituents is 1. The van der Waals surface area contributed by atoms with Crippen LogP contribution in [0.4, 0.5) is 5.69 Å². The van der Waals surface area contributed by atoms with E-state index in [2.05, 4.69) is 4.99 Å². The van der Waals surface area contributed by atoms with Crippen LogP contribution in [0.3, 0.4) is 0 Å². The van der Waals surface area contributed by atoms with Crippen LogP contribution >= 0.6 is 11.6 Å². The minimum Gasteiger partial charge on any atom is -0.867 e. The van der Waals surface area contributed by atoms with E-state index in [4.69, 9.17) is 11.6 Å². The van der Waals surface area contributed by atoms with Gasteiger partial charge < -0.3 is 5.11 Å². The minimum atomic E-state index is -0.738. The number of hydrogen-bond acceptors (Lipinski definition) is 4. The van der Waals surface area contributed by atoms with Crippen molar-refractivity contribution in [2.75, 3.05) is 6.54 Å². The fourth-order valence-corrected chi connectivity index (χ4v) is 2.25. The van der Waals surface area contributed by atoms with E-state index < -0.39 is 16.4 Å². The van der Waals surface area contributed by atoms with E-state index in [1.54, 1.807) is 0 Å². The zero-order chi connectivity index (χ0) is 16.1. The van der Waals surface area contributed by atoms with Crippen molar-refractivity contribution in [1.29, 1.82) is 0 Å². The number of rotatable bonds is 5. The zero-order valence-corrected chi connectivity index (χ0v) is 12.7. The van der Waals surface area contributed by atoms with E-state index in [1.165, 1.54) is 12.3 Å². The van der Waals surface area contributed by atoms with Gasteiger partial charge in [0, 0.05) is 29.8 Å². The number of hydrogen-bond donors (Lipinski definition) is 0. The minimum absolute atomic E-state index is 0.125. The van der Waals surface area contributed by atoms with Crippen molar-refractivity contribution in [1.82, 2.24) is 0 Å². The van der Waals surface area contributed by atoms with Gasteiger partial charge in [0.2, 0.25) is 0 Å². The van der Waals surface area contributed by atoms with Crippen LogP contribution < -0.4 is 5.11 Å². The molecule has 6 heteroatoms. The standard InChI is InChI=1S/C16H15ClN2O3/c1-11(12-5-3-2-4-6-12)9-18-10-13-7-14(17)8-15(16(13)20)19(21)22/h2-8,10-11,20H,9H2,1H3/p-1/t11-/m1/s1. The maximum Gasteiger partial charge on any atom is 0.263 e. The Morgan fingerprint density at radius 1 is 1.32 bits per heavy atom. The summed E-state index contributed by atoms with van der Waals surface area (Å²) in [6, 6.07) is 12.3. The van der Waals surface area contributed by atoms with Gasteiger partial charge in [0.1, 0.15) is 0 Å². The first-order chi connectivity index (χ1) is 10.5. The van der Waals surface area contributed by atoms with E-state index in [0.29, 0.717) is 6.54 Å². The molecular formula is C16H14ClN2O3-. The summed E-state index contributed by atoms with van der Waals surface area (Å²) in [5.74, 6) is -0.493. The molecule has 0 heterocycles. The molecule has 2 aromatic rings. The van der Waals surface area contributed by atoms with Crippen molar-refractivity contribution in [2.45, 2.75) is 12.8 Å². The molecule has 0 saturated carbocycles. The van der Waals surface area contributed by atoms with Crippen LogP contribution in [0.5, 0.6) is 5.75 Å². The predicted octanol–water partition coefficient (Wildman–Crippen LogP) is 3.54. The SMILES string of the molecule is C[C@H](CN=Cc1cc(Cl)cc([N+](=O)[O-])c1[O-])c1ccccc1. The molecule has 0 aromatic heterocycles. The van der Waals surface area contributed by atoms with Gasteiger partial charge >= 0.3 is 0 Å². The van der Waals surface area contributed by atoms with Crippen molar-refractivity contribution in [2.24, 2.45) is 4.99 Å². The first-order valence-corrected chi connectivity index (χ1v) is 7.06. The summed E-state index contributed by atoms with van der Waals surface area (Å²) in [5.41, 5.74) is 0.726. The summed E-state index contributed by atoms with van der Waals surface area (Å²) in [4.78, 5) is 14.3. The lowest BCUT2D eigenvalue weighted by atomic mass is 10.0. The summed E-state index contributed by atoms with van der Waals surface area (Å²) in [5, 5.41) is 22.9. The van der Waals surface area contributed by atoms with Crippen LogP contribution in [0, 0.1) is 10.1 Å². The van der Waals surface area contributed by atoms with Crippen molar-refractivity contribution in [3.63, 3.8) is 0 Å². The van der Waals surface area contributed by atoms with Gasteiger partial charge in [-0.15, -0.1) is 0 Å². The van der Waals surface area contributed by atoms with Gasteiger partial charge in [0.05, 0.1) is 4.92 Å². The summed E-state index contributed by atoms with van der Waals surface area (Å²) in [7, 11) is 0. The Kier molecular flexibility index (Phi) is 5.12. The quantitative estimate of drug-likeness (QED) is 0.480. The third kappa shape index (κ3) is 3.83. The smallest absolute Gasteiger partial charge is 0.263 e. The molecule has 0 amide bonds. The van der Waals surface area contributed by atoms with Gasteiger partial charge in [-0.3, -0.25) is 15.1 Å². The van der Waals surface area contributed by atoms with Crippen LogP contribution in [-0.4, -0.2) is 17.7 Å². The second-order valence-electron chi connectivity index (χ2n) is 4.91. The van der Waals surface area contributed by atoms with Crippen molar-refractivity contribution in [3.05, 3.63) is 68.7 Å². The maximum absolute atomic E-state index is 11.9. The zero-order valence-electron chi connectivity index (χ0n) is 11.9. The van der Waals surface area contributed by atoms with Gasteiger partial charge in [-0.05, 0) is 22.9 Å². The molecule has 0 spiro atoms. The normalized spacial score (nSPS) is 12.5. The Morgan fingerprint density at radius 3 is 2.64 bits per heavy atom. The van der Waals surface area contributed by atoms with Crippen LogP contribution in [0.1, 0.15) is 24.0 Å². The number of nitro groups is 1. The van der Waals surface area contributed by atoms with Crippen LogP contribution in [0.25, 0.3) is 0 Å².